The van der Waals surface area contributed by atoms with Crippen LogP contribution in [0.15, 0.2) is 12.7 Å². The van der Waals surface area contributed by atoms with E-state index in [0.29, 0.717) is 6.61 Å². The van der Waals surface area contributed by atoms with Gasteiger partial charge in [0.2, 0.25) is 0 Å². The number of carbonyl (C=O) groups excluding carboxylic acids is 1. The average Bonchev–Trinajstić information content (AvgIpc) is 2.26. The third kappa shape index (κ3) is 3.03. The van der Waals surface area contributed by atoms with Gasteiger partial charge in [-0.05, 0) is 6.54 Å². The molecule has 0 saturated carbocycles. The molecule has 0 spiro atoms. The maximum Gasteiger partial charge on any atom is 0.410 e. The highest BCUT2D eigenvalue weighted by atomic mass is 16.6. The van der Waals surface area contributed by atoms with Gasteiger partial charge in [0, 0.05) is 26.2 Å². The molecule has 14 heavy (non-hydrogen) atoms. The zero-order valence-corrected chi connectivity index (χ0v) is 8.74. The van der Waals surface area contributed by atoms with E-state index in [1.54, 1.807) is 11.0 Å². The first-order valence-electron chi connectivity index (χ1n) is 5.03. The SMILES string of the molecule is C=CCOC(=O)N1CCN(CC)CC1. The topological polar surface area (TPSA) is 32.8 Å². The molecule has 0 bridgehead atoms. The number of amides is 1. The zero-order valence-electron chi connectivity index (χ0n) is 8.74. The monoisotopic (exact) mass is 198 g/mol. The van der Waals surface area contributed by atoms with Crippen molar-refractivity contribution in [2.75, 3.05) is 39.3 Å². The summed E-state index contributed by atoms with van der Waals surface area (Å²) in [7, 11) is 0. The fourth-order valence-electron chi connectivity index (χ4n) is 1.47. The van der Waals surface area contributed by atoms with Crippen molar-refractivity contribution in [2.45, 2.75) is 6.92 Å². The standard InChI is InChI=1S/C10H18N2O2/c1-3-9-14-10(13)12-7-5-11(4-2)6-8-12/h3H,1,4-9H2,2H3. The summed E-state index contributed by atoms with van der Waals surface area (Å²) in [6.07, 6.45) is 1.36. The minimum Gasteiger partial charge on any atom is -0.445 e. The molecule has 1 fully saturated rings. The first-order valence-corrected chi connectivity index (χ1v) is 5.03. The number of likely N-dealkylation sites (N-methyl/N-ethyl adjacent to an activating group) is 1. The quantitative estimate of drug-likeness (QED) is 0.633. The molecule has 1 aliphatic heterocycles. The molecule has 0 unspecified atom stereocenters. The first kappa shape index (κ1) is 11.0. The van der Waals surface area contributed by atoms with Gasteiger partial charge in [-0.15, -0.1) is 0 Å². The highest BCUT2D eigenvalue weighted by Crippen LogP contribution is 2.02. The van der Waals surface area contributed by atoms with Crippen LogP contribution in [0.4, 0.5) is 4.79 Å². The fraction of sp³-hybridized carbons (Fsp3) is 0.700. The Morgan fingerprint density at radius 2 is 2.07 bits per heavy atom. The summed E-state index contributed by atoms with van der Waals surface area (Å²) in [6.45, 7) is 10.4. The Labute approximate surface area is 85.1 Å². The molecule has 4 nitrogen and oxygen atoms in total. The Morgan fingerprint density at radius 3 is 2.57 bits per heavy atom. The van der Waals surface area contributed by atoms with Gasteiger partial charge in [-0.25, -0.2) is 4.79 Å². The summed E-state index contributed by atoms with van der Waals surface area (Å²) in [4.78, 5) is 15.5. The van der Waals surface area contributed by atoms with Crippen molar-refractivity contribution in [3.05, 3.63) is 12.7 Å². The third-order valence-electron chi connectivity index (χ3n) is 2.40. The summed E-state index contributed by atoms with van der Waals surface area (Å²) in [6, 6.07) is 0. The zero-order chi connectivity index (χ0) is 10.4. The Kier molecular flexibility index (Phi) is 4.46. The van der Waals surface area contributed by atoms with Crippen molar-refractivity contribution in [1.29, 1.82) is 0 Å². The molecule has 1 aliphatic rings. The largest absolute Gasteiger partial charge is 0.445 e. The summed E-state index contributed by atoms with van der Waals surface area (Å²) in [5.41, 5.74) is 0. The van der Waals surface area contributed by atoms with Crippen molar-refractivity contribution in [2.24, 2.45) is 0 Å². The second kappa shape index (κ2) is 5.65. The van der Waals surface area contributed by atoms with Crippen LogP contribution in [0, 0.1) is 0 Å². The lowest BCUT2D eigenvalue weighted by Gasteiger charge is -2.33. The maximum absolute atomic E-state index is 11.4. The molecular formula is C10H18N2O2. The van der Waals surface area contributed by atoms with Gasteiger partial charge in [0.25, 0.3) is 0 Å². The van der Waals surface area contributed by atoms with Crippen LogP contribution in [0.5, 0.6) is 0 Å². The Bertz CT molecular complexity index is 198. The predicted octanol–water partition coefficient (Wildman–Crippen LogP) is 0.947. The molecule has 80 valence electrons. The van der Waals surface area contributed by atoms with E-state index < -0.39 is 0 Å². The molecule has 4 heteroatoms. The number of hydrogen-bond donors (Lipinski definition) is 0. The molecule has 0 N–H and O–H groups in total. The van der Waals surface area contributed by atoms with Gasteiger partial charge >= 0.3 is 6.09 Å². The normalized spacial score (nSPS) is 17.9. The van der Waals surface area contributed by atoms with Gasteiger partial charge in [0.05, 0.1) is 0 Å². The van der Waals surface area contributed by atoms with E-state index in [9.17, 15) is 4.79 Å². The van der Waals surface area contributed by atoms with Crippen LogP contribution in [-0.4, -0.2) is 55.2 Å². The van der Waals surface area contributed by atoms with Gasteiger partial charge < -0.3 is 14.5 Å². The number of nitrogens with zero attached hydrogens (tertiary/aromatic N) is 2. The Hall–Kier alpha value is -1.03. The lowest BCUT2D eigenvalue weighted by Crippen LogP contribution is -2.48. The number of piperazine rings is 1. The summed E-state index contributed by atoms with van der Waals surface area (Å²) in [5.74, 6) is 0. The second-order valence-electron chi connectivity index (χ2n) is 3.29. The van der Waals surface area contributed by atoms with Crippen molar-refractivity contribution in [1.82, 2.24) is 9.80 Å². The minimum absolute atomic E-state index is 0.222. The van der Waals surface area contributed by atoms with E-state index in [0.717, 1.165) is 32.7 Å². The summed E-state index contributed by atoms with van der Waals surface area (Å²) < 4.78 is 4.95. The lowest BCUT2D eigenvalue weighted by atomic mass is 10.3. The molecule has 1 rings (SSSR count). The molecule has 0 aliphatic carbocycles. The molecule has 1 amide bonds. The molecule has 0 aromatic heterocycles. The van der Waals surface area contributed by atoms with Crippen LogP contribution in [0.2, 0.25) is 0 Å². The van der Waals surface area contributed by atoms with Crippen molar-refractivity contribution >= 4 is 6.09 Å². The smallest absolute Gasteiger partial charge is 0.410 e. The molecule has 1 heterocycles. The van der Waals surface area contributed by atoms with E-state index >= 15 is 0 Å². The highest BCUT2D eigenvalue weighted by Gasteiger charge is 2.20. The van der Waals surface area contributed by atoms with Gasteiger partial charge in [-0.3, -0.25) is 0 Å². The van der Waals surface area contributed by atoms with Crippen molar-refractivity contribution in [3.8, 4) is 0 Å². The van der Waals surface area contributed by atoms with Crippen molar-refractivity contribution < 1.29 is 9.53 Å². The van der Waals surface area contributed by atoms with Crippen LogP contribution in [-0.2, 0) is 4.74 Å². The number of carbonyl (C=O) groups is 1. The molecule has 0 atom stereocenters. The average molecular weight is 198 g/mol. The predicted molar refractivity (Wildman–Crippen MR) is 55.2 cm³/mol. The van der Waals surface area contributed by atoms with Gasteiger partial charge in [-0.1, -0.05) is 19.6 Å². The Morgan fingerprint density at radius 1 is 1.43 bits per heavy atom. The Balaban J connectivity index is 2.26. The second-order valence-corrected chi connectivity index (χ2v) is 3.29. The minimum atomic E-state index is -0.222. The van der Waals surface area contributed by atoms with Crippen LogP contribution in [0.1, 0.15) is 6.92 Å². The lowest BCUT2D eigenvalue weighted by molar-refractivity contribution is 0.0847. The van der Waals surface area contributed by atoms with E-state index in [4.69, 9.17) is 4.74 Å². The van der Waals surface area contributed by atoms with Gasteiger partial charge in [0.1, 0.15) is 6.61 Å². The van der Waals surface area contributed by atoms with Crippen LogP contribution in [0.25, 0.3) is 0 Å². The molecular weight excluding hydrogens is 180 g/mol. The third-order valence-corrected chi connectivity index (χ3v) is 2.40. The van der Waals surface area contributed by atoms with E-state index in [2.05, 4.69) is 18.4 Å². The number of hydrogen-bond acceptors (Lipinski definition) is 3. The molecule has 0 aromatic rings. The molecule has 0 aromatic carbocycles. The maximum atomic E-state index is 11.4. The van der Waals surface area contributed by atoms with E-state index in [-0.39, 0.29) is 6.09 Å². The van der Waals surface area contributed by atoms with Crippen LogP contribution < -0.4 is 0 Å². The van der Waals surface area contributed by atoms with E-state index in [1.807, 2.05) is 0 Å². The summed E-state index contributed by atoms with van der Waals surface area (Å²) in [5, 5.41) is 0. The number of rotatable bonds is 3. The van der Waals surface area contributed by atoms with Crippen LogP contribution in [0.3, 0.4) is 0 Å². The first-order chi connectivity index (χ1) is 6.77. The van der Waals surface area contributed by atoms with E-state index in [1.165, 1.54) is 0 Å². The van der Waals surface area contributed by atoms with Crippen molar-refractivity contribution in [3.63, 3.8) is 0 Å². The van der Waals surface area contributed by atoms with Gasteiger partial charge in [-0.2, -0.15) is 0 Å². The highest BCUT2D eigenvalue weighted by molar-refractivity contribution is 5.67. The fourth-order valence-corrected chi connectivity index (χ4v) is 1.47. The van der Waals surface area contributed by atoms with Gasteiger partial charge in [0.15, 0.2) is 0 Å². The molecule has 1 saturated heterocycles. The van der Waals surface area contributed by atoms with Crippen LogP contribution >= 0.6 is 0 Å². The number of ether oxygens (including phenoxy) is 1. The summed E-state index contributed by atoms with van der Waals surface area (Å²) >= 11 is 0. The molecule has 0 radical (unpaired) electrons.